The predicted octanol–water partition coefficient (Wildman–Crippen LogP) is 2.41. The highest BCUT2D eigenvalue weighted by Crippen LogP contribution is 2.21. The molecule has 2 atom stereocenters. The molecule has 1 amide bonds. The molecule has 6 nitrogen and oxygen atoms in total. The number of nitrogens with one attached hydrogen (secondary N) is 1. The van der Waals surface area contributed by atoms with E-state index in [9.17, 15) is 9.59 Å². The second kappa shape index (κ2) is 7.21. The minimum absolute atomic E-state index is 0.0354. The van der Waals surface area contributed by atoms with Gasteiger partial charge < -0.3 is 14.5 Å². The first-order chi connectivity index (χ1) is 12.3. The van der Waals surface area contributed by atoms with Crippen molar-refractivity contribution in [2.75, 3.05) is 19.6 Å². The van der Waals surface area contributed by atoms with Crippen LogP contribution >= 0.6 is 0 Å². The standard InChI is InChI=1S/C20H26N2O4/c1-13-10-22(11-14(2)25-13)20(3,4)12-21-19(24)18-9-16(23)15-7-5-6-8-17(15)26-18/h5-9,13-14H,10-12H2,1-4H3,(H,21,24)/t13-,14-/m1/s1. The average molecular weight is 358 g/mol. The van der Waals surface area contributed by atoms with Crippen LogP contribution in [0.5, 0.6) is 0 Å². The fourth-order valence-corrected chi connectivity index (χ4v) is 3.38. The maximum atomic E-state index is 12.5. The van der Waals surface area contributed by atoms with Crippen molar-refractivity contribution in [3.8, 4) is 0 Å². The molecule has 0 unspecified atom stereocenters. The Hall–Kier alpha value is -2.18. The number of benzene rings is 1. The van der Waals surface area contributed by atoms with E-state index in [0.717, 1.165) is 13.1 Å². The Bertz CT molecular complexity index is 848. The molecule has 1 aliphatic rings. The molecule has 1 saturated heterocycles. The van der Waals surface area contributed by atoms with E-state index in [0.29, 0.717) is 17.5 Å². The Kier molecular flexibility index (Phi) is 5.16. The van der Waals surface area contributed by atoms with E-state index < -0.39 is 0 Å². The van der Waals surface area contributed by atoms with E-state index in [1.807, 2.05) is 0 Å². The largest absolute Gasteiger partial charge is 0.451 e. The Morgan fingerprint density at radius 2 is 1.88 bits per heavy atom. The van der Waals surface area contributed by atoms with Gasteiger partial charge in [-0.25, -0.2) is 0 Å². The first-order valence-electron chi connectivity index (χ1n) is 8.98. The van der Waals surface area contributed by atoms with Gasteiger partial charge in [-0.15, -0.1) is 0 Å². The summed E-state index contributed by atoms with van der Waals surface area (Å²) in [5, 5.41) is 3.38. The monoisotopic (exact) mass is 358 g/mol. The van der Waals surface area contributed by atoms with Crippen LogP contribution in [0, 0.1) is 0 Å². The molecule has 6 heteroatoms. The summed E-state index contributed by atoms with van der Waals surface area (Å²) in [5.41, 5.74) is -0.0358. The molecular weight excluding hydrogens is 332 g/mol. The van der Waals surface area contributed by atoms with E-state index in [1.54, 1.807) is 24.3 Å². The van der Waals surface area contributed by atoms with Crippen molar-refractivity contribution in [1.29, 1.82) is 0 Å². The number of amides is 1. The lowest BCUT2D eigenvalue weighted by Gasteiger charge is -2.45. The molecule has 2 aromatic rings. The van der Waals surface area contributed by atoms with Gasteiger partial charge >= 0.3 is 0 Å². The van der Waals surface area contributed by atoms with Crippen LogP contribution in [0.1, 0.15) is 38.2 Å². The number of rotatable bonds is 4. The van der Waals surface area contributed by atoms with Crippen LogP contribution in [0.4, 0.5) is 0 Å². The number of nitrogens with zero attached hydrogens (tertiary/aromatic N) is 1. The van der Waals surface area contributed by atoms with Gasteiger partial charge in [-0.2, -0.15) is 0 Å². The van der Waals surface area contributed by atoms with E-state index >= 15 is 0 Å². The Balaban J connectivity index is 1.71. The molecular formula is C20H26N2O4. The molecule has 1 aliphatic heterocycles. The topological polar surface area (TPSA) is 71.8 Å². The first kappa shape index (κ1) is 18.6. The van der Waals surface area contributed by atoms with E-state index in [2.05, 4.69) is 37.9 Å². The molecule has 0 bridgehead atoms. The van der Waals surface area contributed by atoms with E-state index in [1.165, 1.54) is 6.07 Å². The number of fused-ring (bicyclic) bond motifs is 1. The van der Waals surface area contributed by atoms with Crippen molar-refractivity contribution >= 4 is 16.9 Å². The van der Waals surface area contributed by atoms with Crippen molar-refractivity contribution in [2.24, 2.45) is 0 Å². The highest BCUT2D eigenvalue weighted by atomic mass is 16.5. The molecule has 140 valence electrons. The number of carbonyl (C=O) groups excluding carboxylic acids is 1. The number of carbonyl (C=O) groups is 1. The number of para-hydroxylation sites is 1. The quantitative estimate of drug-likeness (QED) is 0.909. The zero-order valence-electron chi connectivity index (χ0n) is 15.7. The second-order valence-corrected chi connectivity index (χ2v) is 7.63. The Labute approximate surface area is 153 Å². The lowest BCUT2D eigenvalue weighted by Crippen LogP contribution is -2.58. The number of ether oxygens (including phenoxy) is 1. The van der Waals surface area contributed by atoms with Crippen LogP contribution in [0.2, 0.25) is 0 Å². The molecule has 1 aromatic heterocycles. The maximum Gasteiger partial charge on any atom is 0.287 e. The van der Waals surface area contributed by atoms with Gasteiger partial charge in [0.15, 0.2) is 11.2 Å². The van der Waals surface area contributed by atoms with Gasteiger partial charge in [-0.3, -0.25) is 14.5 Å². The number of hydrogen-bond acceptors (Lipinski definition) is 5. The Morgan fingerprint density at radius 3 is 2.58 bits per heavy atom. The van der Waals surface area contributed by atoms with Crippen LogP contribution in [-0.2, 0) is 4.74 Å². The van der Waals surface area contributed by atoms with Crippen LogP contribution in [-0.4, -0.2) is 48.2 Å². The number of hydrogen-bond donors (Lipinski definition) is 1. The summed E-state index contributed by atoms with van der Waals surface area (Å²) in [4.78, 5) is 27.0. The molecule has 0 saturated carbocycles. The fourth-order valence-electron chi connectivity index (χ4n) is 3.38. The lowest BCUT2D eigenvalue weighted by molar-refractivity contribution is -0.0948. The third-order valence-corrected chi connectivity index (χ3v) is 4.82. The van der Waals surface area contributed by atoms with Crippen LogP contribution < -0.4 is 10.7 Å². The summed E-state index contributed by atoms with van der Waals surface area (Å²) in [7, 11) is 0. The van der Waals surface area contributed by atoms with Gasteiger partial charge in [0.25, 0.3) is 5.91 Å². The fraction of sp³-hybridized carbons (Fsp3) is 0.500. The maximum absolute atomic E-state index is 12.5. The molecule has 2 heterocycles. The van der Waals surface area contributed by atoms with E-state index in [-0.39, 0.29) is 34.8 Å². The summed E-state index contributed by atoms with van der Waals surface area (Å²) >= 11 is 0. The van der Waals surface area contributed by atoms with Gasteiger partial charge in [0.2, 0.25) is 0 Å². The smallest absolute Gasteiger partial charge is 0.287 e. The minimum Gasteiger partial charge on any atom is -0.451 e. The Morgan fingerprint density at radius 1 is 1.23 bits per heavy atom. The zero-order valence-corrected chi connectivity index (χ0v) is 15.7. The number of morpholine rings is 1. The molecule has 0 spiro atoms. The molecule has 1 fully saturated rings. The van der Waals surface area contributed by atoms with Crippen molar-refractivity contribution in [2.45, 2.75) is 45.4 Å². The third kappa shape index (κ3) is 3.97. The first-order valence-corrected chi connectivity index (χ1v) is 8.98. The zero-order chi connectivity index (χ0) is 18.9. The highest BCUT2D eigenvalue weighted by molar-refractivity contribution is 5.93. The normalized spacial score (nSPS) is 21.7. The summed E-state index contributed by atoms with van der Waals surface area (Å²) in [5.74, 6) is -0.344. The lowest BCUT2D eigenvalue weighted by atomic mass is 10.00. The van der Waals surface area contributed by atoms with Gasteiger partial charge in [0.05, 0.1) is 17.6 Å². The van der Waals surface area contributed by atoms with Crippen LogP contribution in [0.25, 0.3) is 11.0 Å². The average Bonchev–Trinajstić information content (AvgIpc) is 2.59. The third-order valence-electron chi connectivity index (χ3n) is 4.82. The van der Waals surface area contributed by atoms with Crippen LogP contribution in [0.15, 0.2) is 39.5 Å². The summed E-state index contributed by atoms with van der Waals surface area (Å²) < 4.78 is 11.4. The molecule has 26 heavy (non-hydrogen) atoms. The second-order valence-electron chi connectivity index (χ2n) is 7.63. The van der Waals surface area contributed by atoms with Crippen molar-refractivity contribution < 1.29 is 13.9 Å². The molecule has 1 aromatic carbocycles. The van der Waals surface area contributed by atoms with Crippen molar-refractivity contribution in [3.63, 3.8) is 0 Å². The van der Waals surface area contributed by atoms with Gasteiger partial charge in [-0.05, 0) is 39.8 Å². The van der Waals surface area contributed by atoms with Crippen molar-refractivity contribution in [3.05, 3.63) is 46.3 Å². The molecule has 0 aliphatic carbocycles. The van der Waals surface area contributed by atoms with Gasteiger partial charge in [0, 0.05) is 31.2 Å². The summed E-state index contributed by atoms with van der Waals surface area (Å²) in [6.07, 6.45) is 0.319. The highest BCUT2D eigenvalue weighted by Gasteiger charge is 2.33. The molecule has 3 rings (SSSR count). The minimum atomic E-state index is -0.379. The summed E-state index contributed by atoms with van der Waals surface area (Å²) in [6, 6.07) is 8.17. The molecule has 0 radical (unpaired) electrons. The van der Waals surface area contributed by atoms with Crippen LogP contribution in [0.3, 0.4) is 0 Å². The van der Waals surface area contributed by atoms with Crippen molar-refractivity contribution in [1.82, 2.24) is 10.2 Å². The molecule has 1 N–H and O–H groups in total. The van der Waals surface area contributed by atoms with Gasteiger partial charge in [-0.1, -0.05) is 12.1 Å². The van der Waals surface area contributed by atoms with E-state index in [4.69, 9.17) is 9.15 Å². The predicted molar refractivity (Wildman–Crippen MR) is 100 cm³/mol. The summed E-state index contributed by atoms with van der Waals surface area (Å²) in [6.45, 7) is 10.4. The SMILES string of the molecule is C[C@@H]1CN(C(C)(C)CNC(=O)c2cc(=O)c3ccccc3o2)C[C@@H](C)O1. The van der Waals surface area contributed by atoms with Gasteiger partial charge in [0.1, 0.15) is 5.58 Å².